The fraction of sp³-hybridized carbons (Fsp3) is 0.292. The Labute approximate surface area is 205 Å². The number of halogens is 2. The Morgan fingerprint density at radius 1 is 1.14 bits per heavy atom. The van der Waals surface area contributed by atoms with Gasteiger partial charge in [0, 0.05) is 24.5 Å². The normalized spacial score (nSPS) is 20.0. The number of anilines is 1. The lowest BCUT2D eigenvalue weighted by Crippen LogP contribution is -2.53. The maximum absolute atomic E-state index is 13.8. The Kier molecular flexibility index (Phi) is 8.56. The second-order valence-corrected chi connectivity index (χ2v) is 8.18. The van der Waals surface area contributed by atoms with Gasteiger partial charge in [-0.05, 0) is 29.8 Å². The molecule has 0 unspecified atom stereocenters. The molecular formula is C24H26F2N4O6. The van der Waals surface area contributed by atoms with Crippen LogP contribution in [0.25, 0.3) is 0 Å². The summed E-state index contributed by atoms with van der Waals surface area (Å²) < 4.78 is 31.9. The van der Waals surface area contributed by atoms with Crippen molar-refractivity contribution in [3.63, 3.8) is 0 Å². The molecule has 1 aliphatic carbocycles. The van der Waals surface area contributed by atoms with Gasteiger partial charge >= 0.3 is 6.03 Å². The molecule has 0 aliphatic heterocycles. The number of aliphatic hydroxyl groups is 2. The monoisotopic (exact) mass is 504 g/mol. The van der Waals surface area contributed by atoms with Gasteiger partial charge in [0.2, 0.25) is 11.8 Å². The third-order valence-electron chi connectivity index (χ3n) is 5.59. The lowest BCUT2D eigenvalue weighted by atomic mass is 9.90. The van der Waals surface area contributed by atoms with Crippen molar-refractivity contribution in [3.8, 4) is 5.75 Å². The molecule has 7 N–H and O–H groups in total. The third-order valence-corrected chi connectivity index (χ3v) is 5.59. The van der Waals surface area contributed by atoms with Crippen LogP contribution in [-0.4, -0.2) is 59.5 Å². The SMILES string of the molecule is COc1ccc(C[C@H](NC(=O)C2=C[C@@H](NC(=O)Nc3ccc(F)cc3F)[C@@H](O)[C@H](O)C2)C(N)=O)cc1. The van der Waals surface area contributed by atoms with Gasteiger partial charge < -0.3 is 36.6 Å². The zero-order chi connectivity index (χ0) is 26.4. The Bertz CT molecular complexity index is 1160. The molecule has 4 amide bonds. The maximum atomic E-state index is 13.8. The summed E-state index contributed by atoms with van der Waals surface area (Å²) in [5, 5.41) is 27.5. The van der Waals surface area contributed by atoms with Crippen LogP contribution < -0.4 is 26.4 Å². The fourth-order valence-corrected chi connectivity index (χ4v) is 3.64. The quantitative estimate of drug-likeness (QED) is 0.310. The van der Waals surface area contributed by atoms with Crippen LogP contribution in [0.3, 0.4) is 0 Å². The van der Waals surface area contributed by atoms with Gasteiger partial charge in [-0.3, -0.25) is 9.59 Å². The van der Waals surface area contributed by atoms with Crippen molar-refractivity contribution in [2.45, 2.75) is 37.1 Å². The van der Waals surface area contributed by atoms with E-state index in [1.807, 2.05) is 0 Å². The number of hydrogen-bond acceptors (Lipinski definition) is 6. The molecule has 0 heterocycles. The lowest BCUT2D eigenvalue weighted by molar-refractivity contribution is -0.125. The van der Waals surface area contributed by atoms with E-state index in [1.54, 1.807) is 24.3 Å². The van der Waals surface area contributed by atoms with E-state index in [4.69, 9.17) is 10.5 Å². The molecule has 10 nitrogen and oxygen atoms in total. The first-order valence-electron chi connectivity index (χ1n) is 10.9. The number of carbonyl (C=O) groups is 3. The lowest BCUT2D eigenvalue weighted by Gasteiger charge is -2.31. The number of rotatable bonds is 8. The van der Waals surface area contributed by atoms with Gasteiger partial charge in [0.15, 0.2) is 0 Å². The second-order valence-electron chi connectivity index (χ2n) is 8.18. The summed E-state index contributed by atoms with van der Waals surface area (Å²) in [5.41, 5.74) is 5.83. The molecule has 0 aromatic heterocycles. The van der Waals surface area contributed by atoms with Crippen molar-refractivity contribution in [2.24, 2.45) is 5.73 Å². The average molecular weight is 504 g/mol. The Morgan fingerprint density at radius 2 is 1.83 bits per heavy atom. The molecule has 1 aliphatic rings. The van der Waals surface area contributed by atoms with Crippen LogP contribution in [0.2, 0.25) is 0 Å². The first-order chi connectivity index (χ1) is 17.1. The van der Waals surface area contributed by atoms with Gasteiger partial charge in [0.25, 0.3) is 0 Å². The molecule has 0 saturated carbocycles. The molecule has 0 spiro atoms. The molecule has 36 heavy (non-hydrogen) atoms. The smallest absolute Gasteiger partial charge is 0.319 e. The number of nitrogens with two attached hydrogens (primary N) is 1. The molecule has 0 saturated heterocycles. The number of nitrogens with one attached hydrogen (secondary N) is 3. The number of hydrogen-bond donors (Lipinski definition) is 6. The van der Waals surface area contributed by atoms with Gasteiger partial charge in [-0.15, -0.1) is 0 Å². The molecule has 192 valence electrons. The van der Waals surface area contributed by atoms with Crippen LogP contribution in [0.15, 0.2) is 54.1 Å². The predicted octanol–water partition coefficient (Wildman–Crippen LogP) is 0.728. The summed E-state index contributed by atoms with van der Waals surface area (Å²) in [5.74, 6) is -2.74. The first kappa shape index (κ1) is 26.6. The highest BCUT2D eigenvalue weighted by Gasteiger charge is 2.34. The van der Waals surface area contributed by atoms with Gasteiger partial charge in [-0.1, -0.05) is 18.2 Å². The minimum absolute atomic E-state index is 0.00737. The van der Waals surface area contributed by atoms with E-state index >= 15 is 0 Å². The number of aliphatic hydroxyl groups excluding tert-OH is 2. The summed E-state index contributed by atoms with van der Waals surface area (Å²) >= 11 is 0. The number of primary amides is 1. The van der Waals surface area contributed by atoms with Crippen molar-refractivity contribution in [1.82, 2.24) is 10.6 Å². The number of amides is 4. The molecule has 3 rings (SSSR count). The van der Waals surface area contributed by atoms with Crippen molar-refractivity contribution < 1.29 is 38.1 Å². The summed E-state index contributed by atoms with van der Waals surface area (Å²) in [7, 11) is 1.51. The van der Waals surface area contributed by atoms with Crippen molar-refractivity contribution >= 4 is 23.5 Å². The van der Waals surface area contributed by atoms with Crippen LogP contribution in [-0.2, 0) is 16.0 Å². The van der Waals surface area contributed by atoms with Crippen molar-refractivity contribution in [3.05, 3.63) is 71.3 Å². The summed E-state index contributed by atoms with van der Waals surface area (Å²) in [4.78, 5) is 37.1. The predicted molar refractivity (Wildman–Crippen MR) is 125 cm³/mol. The third kappa shape index (κ3) is 6.77. The summed E-state index contributed by atoms with van der Waals surface area (Å²) in [6.07, 6.45) is -1.84. The standard InChI is InChI=1S/C24H26F2N4O6/c1-36-15-5-2-12(3-6-15)8-19(22(27)33)28-23(34)13-9-18(21(32)20(31)10-13)30-24(35)29-17-7-4-14(25)11-16(17)26/h2-7,9,11,18-21,31-32H,8,10H2,1H3,(H2,27,33)(H,28,34)(H2,29,30,35)/t18-,19+,20-,21-/m1/s1. The number of carbonyl (C=O) groups excluding carboxylic acids is 3. The molecule has 12 heteroatoms. The number of methoxy groups -OCH3 is 1. The van der Waals surface area contributed by atoms with E-state index in [0.717, 1.165) is 12.1 Å². The zero-order valence-corrected chi connectivity index (χ0v) is 19.2. The second kappa shape index (κ2) is 11.6. The van der Waals surface area contributed by atoms with E-state index in [0.29, 0.717) is 17.4 Å². The highest BCUT2D eigenvalue weighted by Crippen LogP contribution is 2.21. The zero-order valence-electron chi connectivity index (χ0n) is 19.2. The molecule has 2 aromatic rings. The van der Waals surface area contributed by atoms with E-state index < -0.39 is 53.8 Å². The highest BCUT2D eigenvalue weighted by atomic mass is 19.1. The van der Waals surface area contributed by atoms with Crippen LogP contribution in [0.5, 0.6) is 5.75 Å². The van der Waals surface area contributed by atoms with E-state index in [-0.39, 0.29) is 24.1 Å². The number of benzene rings is 2. The molecule has 0 fully saturated rings. The van der Waals surface area contributed by atoms with Crippen LogP contribution in [0.1, 0.15) is 12.0 Å². The van der Waals surface area contributed by atoms with Gasteiger partial charge in [-0.2, -0.15) is 0 Å². The number of urea groups is 1. The van der Waals surface area contributed by atoms with E-state index in [1.165, 1.54) is 13.2 Å². The summed E-state index contributed by atoms with van der Waals surface area (Å²) in [6, 6.07) is 6.07. The topological polar surface area (TPSA) is 163 Å². The molecule has 0 radical (unpaired) electrons. The Balaban J connectivity index is 1.69. The van der Waals surface area contributed by atoms with Crippen LogP contribution >= 0.6 is 0 Å². The van der Waals surface area contributed by atoms with Crippen LogP contribution in [0, 0.1) is 11.6 Å². The molecule has 2 aromatic carbocycles. The molecule has 4 atom stereocenters. The molecular weight excluding hydrogens is 478 g/mol. The Morgan fingerprint density at radius 3 is 2.44 bits per heavy atom. The van der Waals surface area contributed by atoms with Crippen molar-refractivity contribution in [1.29, 1.82) is 0 Å². The Hall–Kier alpha value is -4.03. The van der Waals surface area contributed by atoms with Crippen LogP contribution in [0.4, 0.5) is 19.3 Å². The maximum Gasteiger partial charge on any atom is 0.319 e. The minimum Gasteiger partial charge on any atom is -0.497 e. The highest BCUT2D eigenvalue weighted by molar-refractivity contribution is 5.97. The first-order valence-corrected chi connectivity index (χ1v) is 10.9. The van der Waals surface area contributed by atoms with Gasteiger partial charge in [0.05, 0.1) is 24.9 Å². The average Bonchev–Trinajstić information content (AvgIpc) is 2.83. The van der Waals surface area contributed by atoms with Gasteiger partial charge in [-0.25, -0.2) is 13.6 Å². The fourth-order valence-electron chi connectivity index (χ4n) is 3.64. The van der Waals surface area contributed by atoms with E-state index in [2.05, 4.69) is 16.0 Å². The minimum atomic E-state index is -1.48. The van der Waals surface area contributed by atoms with E-state index in [9.17, 15) is 33.4 Å². The largest absolute Gasteiger partial charge is 0.497 e. The number of ether oxygens (including phenoxy) is 1. The summed E-state index contributed by atoms with van der Waals surface area (Å²) in [6.45, 7) is 0. The van der Waals surface area contributed by atoms with Gasteiger partial charge in [0.1, 0.15) is 29.5 Å². The van der Waals surface area contributed by atoms with Crippen molar-refractivity contribution in [2.75, 3.05) is 12.4 Å². The molecule has 0 bridgehead atoms.